The molecule has 5 aromatic rings. The van der Waals surface area contributed by atoms with Crippen LogP contribution in [-0.2, 0) is 0 Å². The molecular weight excluding hydrogens is 326 g/mol. The summed E-state index contributed by atoms with van der Waals surface area (Å²) in [6, 6.07) is 36.7. The van der Waals surface area contributed by atoms with Crippen LogP contribution in [-0.4, -0.2) is 4.98 Å². The lowest BCUT2D eigenvalue weighted by molar-refractivity contribution is 1.47. The van der Waals surface area contributed by atoms with Gasteiger partial charge in [0.05, 0.1) is 0 Å². The second-order valence-electron chi connectivity index (χ2n) is 6.81. The molecule has 0 aliphatic heterocycles. The van der Waals surface area contributed by atoms with Gasteiger partial charge < -0.3 is 4.98 Å². The lowest BCUT2D eigenvalue weighted by Gasteiger charge is -2.11. The molecule has 0 fully saturated rings. The summed E-state index contributed by atoms with van der Waals surface area (Å²) < 4.78 is 0. The number of H-pyrrole nitrogens is 1. The molecule has 1 nitrogen and oxygen atoms in total. The fraction of sp³-hybridized carbons (Fsp3) is 0. The van der Waals surface area contributed by atoms with Crippen molar-refractivity contribution in [3.8, 4) is 33.4 Å². The van der Waals surface area contributed by atoms with Crippen molar-refractivity contribution in [2.75, 3.05) is 0 Å². The Morgan fingerprint density at radius 1 is 0.407 bits per heavy atom. The van der Waals surface area contributed by atoms with E-state index in [9.17, 15) is 0 Å². The first-order chi connectivity index (χ1) is 13.4. The van der Waals surface area contributed by atoms with E-state index in [1.165, 1.54) is 44.3 Å². The SMILES string of the molecule is c1ccc(-c2cc(-c3ccccc3)cc(-c3ccc4cc[nH]c4c3)c2)cc1. The summed E-state index contributed by atoms with van der Waals surface area (Å²) in [4.78, 5) is 3.32. The van der Waals surface area contributed by atoms with E-state index in [2.05, 4.69) is 108 Å². The summed E-state index contributed by atoms with van der Waals surface area (Å²) in [5, 5.41) is 1.24. The second-order valence-corrected chi connectivity index (χ2v) is 6.81. The molecule has 4 aromatic carbocycles. The lowest BCUT2D eigenvalue weighted by atomic mass is 9.93. The Hall–Kier alpha value is -3.58. The summed E-state index contributed by atoms with van der Waals surface area (Å²) in [5.74, 6) is 0. The summed E-state index contributed by atoms with van der Waals surface area (Å²) in [6.07, 6.45) is 1.99. The van der Waals surface area contributed by atoms with E-state index in [0.717, 1.165) is 0 Å². The third kappa shape index (κ3) is 3.04. The first kappa shape index (κ1) is 15.7. The van der Waals surface area contributed by atoms with Crippen LogP contribution in [0.3, 0.4) is 0 Å². The Bertz CT molecular complexity index is 1140. The number of rotatable bonds is 3. The predicted octanol–water partition coefficient (Wildman–Crippen LogP) is 7.17. The molecule has 1 heteroatoms. The van der Waals surface area contributed by atoms with Gasteiger partial charge in [-0.3, -0.25) is 0 Å². The van der Waals surface area contributed by atoms with Gasteiger partial charge in [-0.15, -0.1) is 0 Å². The van der Waals surface area contributed by atoms with Gasteiger partial charge in [-0.05, 0) is 69.1 Å². The van der Waals surface area contributed by atoms with Crippen LogP contribution in [0.15, 0.2) is 109 Å². The Morgan fingerprint density at radius 3 is 1.56 bits per heavy atom. The van der Waals surface area contributed by atoms with Crippen LogP contribution < -0.4 is 0 Å². The van der Waals surface area contributed by atoms with Gasteiger partial charge in [-0.2, -0.15) is 0 Å². The van der Waals surface area contributed by atoms with E-state index >= 15 is 0 Å². The standard InChI is InChI=1S/C26H19N/c1-3-7-19(8-4-1)23-15-24(20-9-5-2-6-10-20)17-25(16-23)22-12-11-21-13-14-27-26(21)18-22/h1-18,27H. The van der Waals surface area contributed by atoms with Crippen LogP contribution in [0.1, 0.15) is 0 Å². The molecule has 0 saturated carbocycles. The van der Waals surface area contributed by atoms with E-state index in [1.807, 2.05) is 6.20 Å². The highest BCUT2D eigenvalue weighted by Gasteiger charge is 2.08. The van der Waals surface area contributed by atoms with E-state index < -0.39 is 0 Å². The van der Waals surface area contributed by atoms with Crippen molar-refractivity contribution in [1.29, 1.82) is 0 Å². The first-order valence-corrected chi connectivity index (χ1v) is 9.20. The summed E-state index contributed by atoms with van der Waals surface area (Å²) in [6.45, 7) is 0. The fourth-order valence-electron chi connectivity index (χ4n) is 3.62. The highest BCUT2D eigenvalue weighted by Crippen LogP contribution is 2.33. The molecule has 0 unspecified atom stereocenters. The zero-order chi connectivity index (χ0) is 18.1. The molecule has 128 valence electrons. The van der Waals surface area contributed by atoms with E-state index in [1.54, 1.807) is 0 Å². The molecule has 0 radical (unpaired) electrons. The molecule has 0 saturated heterocycles. The van der Waals surface area contributed by atoms with Crippen molar-refractivity contribution in [3.63, 3.8) is 0 Å². The number of hydrogen-bond donors (Lipinski definition) is 1. The number of aromatic nitrogens is 1. The lowest BCUT2D eigenvalue weighted by Crippen LogP contribution is -1.86. The minimum atomic E-state index is 1.17. The second kappa shape index (κ2) is 6.62. The molecule has 0 spiro atoms. The Balaban J connectivity index is 1.72. The highest BCUT2D eigenvalue weighted by molar-refractivity contribution is 5.87. The molecule has 27 heavy (non-hydrogen) atoms. The summed E-state index contributed by atoms with van der Waals surface area (Å²) >= 11 is 0. The number of nitrogens with one attached hydrogen (secondary N) is 1. The van der Waals surface area contributed by atoms with Gasteiger partial charge in [0.25, 0.3) is 0 Å². The molecule has 1 heterocycles. The quantitative estimate of drug-likeness (QED) is 0.357. The molecule has 0 amide bonds. The van der Waals surface area contributed by atoms with Crippen LogP contribution in [0.4, 0.5) is 0 Å². The minimum Gasteiger partial charge on any atom is -0.361 e. The molecule has 0 aliphatic rings. The van der Waals surface area contributed by atoms with Gasteiger partial charge in [0.2, 0.25) is 0 Å². The van der Waals surface area contributed by atoms with Crippen molar-refractivity contribution < 1.29 is 0 Å². The van der Waals surface area contributed by atoms with Gasteiger partial charge in [0.15, 0.2) is 0 Å². The van der Waals surface area contributed by atoms with Crippen molar-refractivity contribution in [1.82, 2.24) is 4.98 Å². The van der Waals surface area contributed by atoms with Crippen molar-refractivity contribution in [2.24, 2.45) is 0 Å². The molecular formula is C26H19N. The number of aromatic amines is 1. The van der Waals surface area contributed by atoms with Crippen LogP contribution in [0.25, 0.3) is 44.3 Å². The van der Waals surface area contributed by atoms with E-state index in [-0.39, 0.29) is 0 Å². The Kier molecular flexibility index (Phi) is 3.84. The average Bonchev–Trinajstić information content (AvgIpc) is 3.22. The van der Waals surface area contributed by atoms with Crippen LogP contribution >= 0.6 is 0 Å². The Labute approximate surface area is 158 Å². The van der Waals surface area contributed by atoms with Crippen LogP contribution in [0, 0.1) is 0 Å². The first-order valence-electron chi connectivity index (χ1n) is 9.20. The fourth-order valence-corrected chi connectivity index (χ4v) is 3.62. The van der Waals surface area contributed by atoms with Crippen LogP contribution in [0.2, 0.25) is 0 Å². The zero-order valence-electron chi connectivity index (χ0n) is 14.9. The molecule has 0 aliphatic carbocycles. The van der Waals surface area contributed by atoms with Crippen molar-refractivity contribution in [3.05, 3.63) is 109 Å². The third-order valence-corrected chi connectivity index (χ3v) is 5.04. The van der Waals surface area contributed by atoms with Gasteiger partial charge >= 0.3 is 0 Å². The van der Waals surface area contributed by atoms with Gasteiger partial charge in [0.1, 0.15) is 0 Å². The van der Waals surface area contributed by atoms with Crippen LogP contribution in [0.5, 0.6) is 0 Å². The molecule has 0 bridgehead atoms. The zero-order valence-corrected chi connectivity index (χ0v) is 14.9. The van der Waals surface area contributed by atoms with Crippen molar-refractivity contribution in [2.45, 2.75) is 0 Å². The van der Waals surface area contributed by atoms with Gasteiger partial charge in [-0.1, -0.05) is 72.8 Å². The maximum atomic E-state index is 3.32. The molecule has 1 N–H and O–H groups in total. The summed E-state index contributed by atoms with van der Waals surface area (Å²) in [5.41, 5.74) is 8.55. The monoisotopic (exact) mass is 345 g/mol. The molecule has 1 aromatic heterocycles. The molecule has 0 atom stereocenters. The van der Waals surface area contributed by atoms with E-state index in [4.69, 9.17) is 0 Å². The topological polar surface area (TPSA) is 15.8 Å². The van der Waals surface area contributed by atoms with Gasteiger partial charge in [0, 0.05) is 11.7 Å². The smallest absolute Gasteiger partial charge is 0.0460 e. The maximum Gasteiger partial charge on any atom is 0.0460 e. The third-order valence-electron chi connectivity index (χ3n) is 5.04. The predicted molar refractivity (Wildman–Crippen MR) is 115 cm³/mol. The Morgan fingerprint density at radius 2 is 0.963 bits per heavy atom. The largest absolute Gasteiger partial charge is 0.361 e. The highest BCUT2D eigenvalue weighted by atomic mass is 14.7. The minimum absolute atomic E-state index is 1.17. The molecule has 5 rings (SSSR count). The normalized spacial score (nSPS) is 11.0. The number of hydrogen-bond acceptors (Lipinski definition) is 0. The number of benzene rings is 4. The van der Waals surface area contributed by atoms with Gasteiger partial charge in [-0.25, -0.2) is 0 Å². The maximum absolute atomic E-state index is 3.32. The summed E-state index contributed by atoms with van der Waals surface area (Å²) in [7, 11) is 0. The van der Waals surface area contributed by atoms with Crippen molar-refractivity contribution >= 4 is 10.9 Å². The van der Waals surface area contributed by atoms with E-state index in [0.29, 0.717) is 0 Å². The average molecular weight is 345 g/mol. The number of fused-ring (bicyclic) bond motifs is 1.